The normalized spacial score (nSPS) is 11.1. The van der Waals surface area contributed by atoms with Crippen molar-refractivity contribution in [2.75, 3.05) is 30.3 Å². The van der Waals surface area contributed by atoms with Crippen molar-refractivity contribution in [2.24, 2.45) is 0 Å². The van der Waals surface area contributed by atoms with Crippen LogP contribution in [-0.2, 0) is 9.59 Å². The molecule has 0 bridgehead atoms. The number of hydrogen-bond acceptors (Lipinski definition) is 6. The summed E-state index contributed by atoms with van der Waals surface area (Å²) in [6, 6.07) is 6.88. The number of benzene rings is 2. The molecule has 0 unspecified atom stereocenters. The van der Waals surface area contributed by atoms with E-state index in [-0.39, 0.29) is 19.0 Å². The zero-order chi connectivity index (χ0) is 21.7. The van der Waals surface area contributed by atoms with Crippen molar-refractivity contribution in [3.63, 3.8) is 0 Å². The number of carbonyl (C=O) groups is 2. The first-order chi connectivity index (χ1) is 14.4. The molecule has 0 aliphatic heterocycles. The first-order valence-corrected chi connectivity index (χ1v) is 9.79. The van der Waals surface area contributed by atoms with Crippen LogP contribution in [0.3, 0.4) is 0 Å². The Kier molecular flexibility index (Phi) is 6.95. The third-order valence-corrected chi connectivity index (χ3v) is 4.69. The van der Waals surface area contributed by atoms with E-state index in [1.807, 2.05) is 6.92 Å². The van der Waals surface area contributed by atoms with Gasteiger partial charge in [-0.15, -0.1) is 0 Å². The van der Waals surface area contributed by atoms with Gasteiger partial charge in [0, 0.05) is 0 Å². The second kappa shape index (κ2) is 9.63. The zero-order valence-corrected chi connectivity index (χ0v) is 16.7. The predicted octanol–water partition coefficient (Wildman–Crippen LogP) is 3.40. The second-order valence-corrected chi connectivity index (χ2v) is 7.00. The molecule has 0 fully saturated rings. The van der Waals surface area contributed by atoms with Gasteiger partial charge in [0.15, 0.2) is 17.5 Å². The highest BCUT2D eigenvalue weighted by Crippen LogP contribution is 2.21. The fraction of sp³-hybridized carbons (Fsp3) is 0.263. The monoisotopic (exact) mass is 437 g/mol. The number of hydrogen-bond donors (Lipinski definition) is 2. The number of aromatic nitrogens is 2. The molecule has 2 amide bonds. The maximum atomic E-state index is 13.7. The Morgan fingerprint density at radius 1 is 0.967 bits per heavy atom. The SMILES string of the molecule is CCCN(CC(=O)Nc1ccc(F)c(F)c1F)CC(=O)Nc1cccc2nsnc12. The summed E-state index contributed by atoms with van der Waals surface area (Å²) < 4.78 is 48.3. The molecule has 3 aromatic rings. The molecule has 30 heavy (non-hydrogen) atoms. The van der Waals surface area contributed by atoms with Crippen LogP contribution in [0.4, 0.5) is 24.5 Å². The van der Waals surface area contributed by atoms with Gasteiger partial charge in [-0.3, -0.25) is 14.5 Å². The summed E-state index contributed by atoms with van der Waals surface area (Å²) in [4.78, 5) is 26.3. The minimum absolute atomic E-state index is 0.102. The average molecular weight is 437 g/mol. The first-order valence-electron chi connectivity index (χ1n) is 9.06. The molecule has 2 aromatic carbocycles. The minimum Gasteiger partial charge on any atom is -0.323 e. The number of halogens is 3. The maximum Gasteiger partial charge on any atom is 0.238 e. The summed E-state index contributed by atoms with van der Waals surface area (Å²) in [6.45, 7) is 1.96. The summed E-state index contributed by atoms with van der Waals surface area (Å²) in [5.41, 5.74) is 1.28. The van der Waals surface area contributed by atoms with E-state index >= 15 is 0 Å². The van der Waals surface area contributed by atoms with Gasteiger partial charge in [0.1, 0.15) is 11.0 Å². The molecular weight excluding hydrogens is 419 g/mol. The zero-order valence-electron chi connectivity index (χ0n) is 15.9. The number of fused-ring (bicyclic) bond motifs is 1. The van der Waals surface area contributed by atoms with E-state index in [0.29, 0.717) is 29.7 Å². The van der Waals surface area contributed by atoms with Crippen LogP contribution in [0.1, 0.15) is 13.3 Å². The van der Waals surface area contributed by atoms with Crippen LogP contribution >= 0.6 is 11.7 Å². The summed E-state index contributed by atoms with van der Waals surface area (Å²) in [6.07, 6.45) is 0.658. The highest BCUT2D eigenvalue weighted by Gasteiger charge is 2.18. The first kappa shape index (κ1) is 21.7. The van der Waals surface area contributed by atoms with Crippen LogP contribution in [0, 0.1) is 17.5 Å². The summed E-state index contributed by atoms with van der Waals surface area (Å²) in [5, 5.41) is 4.95. The van der Waals surface area contributed by atoms with Crippen molar-refractivity contribution in [3.8, 4) is 0 Å². The highest BCUT2D eigenvalue weighted by molar-refractivity contribution is 7.00. The molecule has 0 saturated heterocycles. The molecule has 0 saturated carbocycles. The number of rotatable bonds is 8. The standard InChI is InChI=1S/C19H18F3N5O2S/c1-2-8-27(9-15(28)23-12-7-6-11(20)17(21)18(12)22)10-16(29)24-13-4-3-5-14-19(13)26-30-25-14/h3-7H,2,8-10H2,1H3,(H,23,28)(H,24,29). The van der Waals surface area contributed by atoms with Gasteiger partial charge in [-0.2, -0.15) is 8.75 Å². The molecule has 1 aromatic heterocycles. The predicted molar refractivity (Wildman–Crippen MR) is 108 cm³/mol. The van der Waals surface area contributed by atoms with Gasteiger partial charge >= 0.3 is 0 Å². The Bertz CT molecular complexity index is 1080. The molecule has 3 rings (SSSR count). The molecule has 1 heterocycles. The van der Waals surface area contributed by atoms with Gasteiger partial charge in [-0.25, -0.2) is 13.2 Å². The van der Waals surface area contributed by atoms with E-state index in [1.54, 1.807) is 23.1 Å². The number of anilines is 2. The van der Waals surface area contributed by atoms with Crippen molar-refractivity contribution in [3.05, 3.63) is 47.8 Å². The molecule has 0 aliphatic rings. The van der Waals surface area contributed by atoms with Gasteiger partial charge in [-0.1, -0.05) is 13.0 Å². The van der Waals surface area contributed by atoms with Crippen molar-refractivity contribution in [1.82, 2.24) is 13.6 Å². The topological polar surface area (TPSA) is 87.2 Å². The summed E-state index contributed by atoms with van der Waals surface area (Å²) in [5.74, 6) is -5.51. The van der Waals surface area contributed by atoms with E-state index < -0.39 is 29.0 Å². The third-order valence-electron chi connectivity index (χ3n) is 4.14. The fourth-order valence-electron chi connectivity index (χ4n) is 2.85. The Morgan fingerprint density at radius 3 is 2.37 bits per heavy atom. The van der Waals surface area contributed by atoms with Crippen molar-refractivity contribution in [2.45, 2.75) is 13.3 Å². The largest absolute Gasteiger partial charge is 0.323 e. The van der Waals surface area contributed by atoms with Crippen LogP contribution in [0.5, 0.6) is 0 Å². The quantitative estimate of drug-likeness (QED) is 0.528. The van der Waals surface area contributed by atoms with Crippen LogP contribution in [0.25, 0.3) is 11.0 Å². The number of nitrogens with one attached hydrogen (secondary N) is 2. The Hall–Kier alpha value is -3.05. The summed E-state index contributed by atoms with van der Waals surface area (Å²) in [7, 11) is 0. The molecule has 0 aliphatic carbocycles. The van der Waals surface area contributed by atoms with Crippen LogP contribution < -0.4 is 10.6 Å². The van der Waals surface area contributed by atoms with Gasteiger partial charge in [-0.05, 0) is 37.2 Å². The van der Waals surface area contributed by atoms with E-state index in [4.69, 9.17) is 0 Å². The average Bonchev–Trinajstić information content (AvgIpc) is 3.18. The van der Waals surface area contributed by atoms with Gasteiger partial charge in [0.05, 0.1) is 36.2 Å². The molecule has 0 spiro atoms. The smallest absolute Gasteiger partial charge is 0.238 e. The molecule has 11 heteroatoms. The van der Waals surface area contributed by atoms with Crippen molar-refractivity contribution in [1.29, 1.82) is 0 Å². The Balaban J connectivity index is 1.62. The van der Waals surface area contributed by atoms with E-state index in [2.05, 4.69) is 19.4 Å². The Labute approximate surface area is 174 Å². The number of carbonyl (C=O) groups excluding carboxylic acids is 2. The fourth-order valence-corrected chi connectivity index (χ4v) is 3.39. The molecule has 0 radical (unpaired) electrons. The lowest BCUT2D eigenvalue weighted by molar-refractivity contribution is -0.120. The molecule has 158 valence electrons. The van der Waals surface area contributed by atoms with E-state index in [9.17, 15) is 22.8 Å². The maximum absolute atomic E-state index is 13.7. The van der Waals surface area contributed by atoms with Gasteiger partial charge in [0.2, 0.25) is 11.8 Å². The molecular formula is C19H18F3N5O2S. The lowest BCUT2D eigenvalue weighted by Gasteiger charge is -2.20. The van der Waals surface area contributed by atoms with Gasteiger partial charge in [0.25, 0.3) is 0 Å². The second-order valence-electron chi connectivity index (χ2n) is 6.47. The van der Waals surface area contributed by atoms with Crippen LogP contribution in [-0.4, -0.2) is 45.1 Å². The van der Waals surface area contributed by atoms with E-state index in [1.165, 1.54) is 0 Å². The summed E-state index contributed by atoms with van der Waals surface area (Å²) >= 11 is 1.03. The molecule has 2 N–H and O–H groups in total. The minimum atomic E-state index is -1.66. The van der Waals surface area contributed by atoms with Gasteiger partial charge < -0.3 is 10.6 Å². The molecule has 7 nitrogen and oxygen atoms in total. The highest BCUT2D eigenvalue weighted by atomic mass is 32.1. The van der Waals surface area contributed by atoms with Crippen molar-refractivity contribution < 1.29 is 22.8 Å². The van der Waals surface area contributed by atoms with Crippen molar-refractivity contribution >= 4 is 46.0 Å². The number of nitrogens with zero attached hydrogens (tertiary/aromatic N) is 3. The Morgan fingerprint density at radius 2 is 1.67 bits per heavy atom. The lowest BCUT2D eigenvalue weighted by Crippen LogP contribution is -2.39. The third kappa shape index (κ3) is 5.10. The number of amides is 2. The molecule has 0 atom stereocenters. The van der Waals surface area contributed by atoms with E-state index in [0.717, 1.165) is 23.9 Å². The lowest BCUT2D eigenvalue weighted by atomic mass is 10.2. The van der Waals surface area contributed by atoms with Crippen LogP contribution in [0.15, 0.2) is 30.3 Å². The van der Waals surface area contributed by atoms with Crippen LogP contribution in [0.2, 0.25) is 0 Å².